The maximum atomic E-state index is 3.58. The van der Waals surface area contributed by atoms with Crippen LogP contribution in [0.2, 0.25) is 0 Å². The molecule has 1 aliphatic carbocycles. The summed E-state index contributed by atoms with van der Waals surface area (Å²) in [5.74, 6) is 2.02. The van der Waals surface area contributed by atoms with Crippen LogP contribution in [-0.2, 0) is 0 Å². The molecule has 0 heterocycles. The standard InChI is InChI=1S/C14H29N/c1-4-14(15-5-2)10-9-13-8-6-7-12(3)11-13/h12-15H,4-11H2,1-3H3. The molecule has 0 bridgehead atoms. The summed E-state index contributed by atoms with van der Waals surface area (Å²) in [6, 6.07) is 0.771. The van der Waals surface area contributed by atoms with Gasteiger partial charge in [0.2, 0.25) is 0 Å². The lowest BCUT2D eigenvalue weighted by Gasteiger charge is -2.28. The molecule has 15 heavy (non-hydrogen) atoms. The first-order valence-corrected chi connectivity index (χ1v) is 6.99. The van der Waals surface area contributed by atoms with Crippen molar-refractivity contribution in [1.82, 2.24) is 5.32 Å². The zero-order valence-corrected chi connectivity index (χ0v) is 10.9. The van der Waals surface area contributed by atoms with Crippen LogP contribution in [-0.4, -0.2) is 12.6 Å². The molecule has 1 aliphatic rings. The summed E-state index contributed by atoms with van der Waals surface area (Å²) >= 11 is 0. The van der Waals surface area contributed by atoms with Crippen molar-refractivity contribution in [2.45, 2.75) is 71.8 Å². The van der Waals surface area contributed by atoms with Crippen LogP contribution in [0.5, 0.6) is 0 Å². The van der Waals surface area contributed by atoms with E-state index in [-0.39, 0.29) is 0 Å². The predicted octanol–water partition coefficient (Wildman–Crippen LogP) is 3.98. The Hall–Kier alpha value is -0.0400. The van der Waals surface area contributed by atoms with Gasteiger partial charge < -0.3 is 5.32 Å². The number of hydrogen-bond acceptors (Lipinski definition) is 1. The molecule has 90 valence electrons. The van der Waals surface area contributed by atoms with Crippen LogP contribution in [0.4, 0.5) is 0 Å². The van der Waals surface area contributed by atoms with Gasteiger partial charge in [0.25, 0.3) is 0 Å². The fraction of sp³-hybridized carbons (Fsp3) is 1.00. The third-order valence-electron chi connectivity index (χ3n) is 3.95. The summed E-state index contributed by atoms with van der Waals surface area (Å²) in [5, 5.41) is 3.58. The van der Waals surface area contributed by atoms with E-state index in [1.807, 2.05) is 0 Å². The Morgan fingerprint density at radius 3 is 2.67 bits per heavy atom. The lowest BCUT2D eigenvalue weighted by Crippen LogP contribution is -2.29. The Morgan fingerprint density at radius 2 is 2.07 bits per heavy atom. The molecule has 1 rings (SSSR count). The van der Waals surface area contributed by atoms with Crippen LogP contribution in [0.15, 0.2) is 0 Å². The second-order valence-corrected chi connectivity index (χ2v) is 5.38. The molecule has 0 saturated heterocycles. The van der Waals surface area contributed by atoms with Crippen molar-refractivity contribution >= 4 is 0 Å². The van der Waals surface area contributed by atoms with E-state index in [1.165, 1.54) is 44.9 Å². The molecule has 0 aliphatic heterocycles. The van der Waals surface area contributed by atoms with E-state index in [1.54, 1.807) is 0 Å². The Bertz CT molecular complexity index is 155. The number of nitrogens with one attached hydrogen (secondary N) is 1. The monoisotopic (exact) mass is 211 g/mol. The van der Waals surface area contributed by atoms with E-state index < -0.39 is 0 Å². The molecule has 0 aromatic heterocycles. The van der Waals surface area contributed by atoms with Gasteiger partial charge in [0.05, 0.1) is 0 Å². The third kappa shape index (κ3) is 5.01. The highest BCUT2D eigenvalue weighted by molar-refractivity contribution is 4.73. The quantitative estimate of drug-likeness (QED) is 0.700. The first-order chi connectivity index (χ1) is 7.26. The topological polar surface area (TPSA) is 12.0 Å². The van der Waals surface area contributed by atoms with Gasteiger partial charge in [-0.05, 0) is 44.1 Å². The third-order valence-corrected chi connectivity index (χ3v) is 3.95. The van der Waals surface area contributed by atoms with Crippen LogP contribution < -0.4 is 5.32 Å². The molecule has 1 heteroatoms. The predicted molar refractivity (Wildman–Crippen MR) is 68.1 cm³/mol. The zero-order chi connectivity index (χ0) is 11.1. The highest BCUT2D eigenvalue weighted by Crippen LogP contribution is 2.31. The highest BCUT2D eigenvalue weighted by atomic mass is 14.9. The highest BCUT2D eigenvalue weighted by Gasteiger charge is 2.19. The number of hydrogen-bond donors (Lipinski definition) is 1. The number of rotatable bonds is 6. The van der Waals surface area contributed by atoms with Crippen molar-refractivity contribution < 1.29 is 0 Å². The minimum atomic E-state index is 0.771. The summed E-state index contributed by atoms with van der Waals surface area (Å²) in [7, 11) is 0. The van der Waals surface area contributed by atoms with E-state index in [2.05, 4.69) is 26.1 Å². The average Bonchev–Trinajstić information content (AvgIpc) is 2.24. The molecule has 1 N–H and O–H groups in total. The molecule has 1 fully saturated rings. The van der Waals surface area contributed by atoms with Crippen molar-refractivity contribution in [1.29, 1.82) is 0 Å². The van der Waals surface area contributed by atoms with E-state index in [4.69, 9.17) is 0 Å². The van der Waals surface area contributed by atoms with Gasteiger partial charge in [0.15, 0.2) is 0 Å². The van der Waals surface area contributed by atoms with E-state index in [9.17, 15) is 0 Å². The first-order valence-electron chi connectivity index (χ1n) is 6.99. The lowest BCUT2D eigenvalue weighted by atomic mass is 9.79. The Morgan fingerprint density at radius 1 is 1.27 bits per heavy atom. The molecule has 3 unspecified atom stereocenters. The van der Waals surface area contributed by atoms with Crippen LogP contribution in [0.3, 0.4) is 0 Å². The summed E-state index contributed by atoms with van der Waals surface area (Å²) in [6.07, 6.45) is 10.1. The molecular formula is C14H29N. The fourth-order valence-corrected chi connectivity index (χ4v) is 3.00. The summed E-state index contributed by atoms with van der Waals surface area (Å²) < 4.78 is 0. The molecule has 1 saturated carbocycles. The van der Waals surface area contributed by atoms with Crippen LogP contribution in [0.1, 0.15) is 65.7 Å². The molecular weight excluding hydrogens is 182 g/mol. The minimum absolute atomic E-state index is 0.771. The van der Waals surface area contributed by atoms with Crippen molar-refractivity contribution in [2.75, 3.05) is 6.54 Å². The van der Waals surface area contributed by atoms with Gasteiger partial charge in [0.1, 0.15) is 0 Å². The molecule has 1 nitrogen and oxygen atoms in total. The molecule has 3 atom stereocenters. The molecule has 0 aromatic carbocycles. The Kier molecular flexibility index (Phi) is 6.31. The molecule has 0 radical (unpaired) electrons. The molecule has 0 spiro atoms. The van der Waals surface area contributed by atoms with E-state index in [0.29, 0.717) is 0 Å². The summed E-state index contributed by atoms with van der Waals surface area (Å²) in [5.41, 5.74) is 0. The van der Waals surface area contributed by atoms with Gasteiger partial charge in [-0.15, -0.1) is 0 Å². The normalized spacial score (nSPS) is 29.0. The van der Waals surface area contributed by atoms with E-state index >= 15 is 0 Å². The fourth-order valence-electron chi connectivity index (χ4n) is 3.00. The van der Waals surface area contributed by atoms with Crippen molar-refractivity contribution in [3.05, 3.63) is 0 Å². The van der Waals surface area contributed by atoms with Crippen molar-refractivity contribution in [3.63, 3.8) is 0 Å². The van der Waals surface area contributed by atoms with Gasteiger partial charge in [-0.1, -0.05) is 40.0 Å². The second kappa shape index (κ2) is 7.27. The SMILES string of the molecule is CCNC(CC)CCC1CCCC(C)C1. The zero-order valence-electron chi connectivity index (χ0n) is 10.9. The summed E-state index contributed by atoms with van der Waals surface area (Å²) in [6.45, 7) is 8.06. The lowest BCUT2D eigenvalue weighted by molar-refractivity contribution is 0.256. The van der Waals surface area contributed by atoms with Crippen molar-refractivity contribution in [3.8, 4) is 0 Å². The molecule has 0 aromatic rings. The van der Waals surface area contributed by atoms with Crippen LogP contribution >= 0.6 is 0 Å². The summed E-state index contributed by atoms with van der Waals surface area (Å²) in [4.78, 5) is 0. The van der Waals surface area contributed by atoms with Gasteiger partial charge in [-0.3, -0.25) is 0 Å². The first kappa shape index (κ1) is 13.0. The smallest absolute Gasteiger partial charge is 0.00644 e. The molecule has 0 amide bonds. The maximum Gasteiger partial charge on any atom is 0.00644 e. The van der Waals surface area contributed by atoms with Gasteiger partial charge in [-0.2, -0.15) is 0 Å². The van der Waals surface area contributed by atoms with Gasteiger partial charge in [-0.25, -0.2) is 0 Å². The Labute approximate surface area is 96.0 Å². The minimum Gasteiger partial charge on any atom is -0.314 e. The van der Waals surface area contributed by atoms with Crippen LogP contribution in [0.25, 0.3) is 0 Å². The largest absolute Gasteiger partial charge is 0.314 e. The second-order valence-electron chi connectivity index (χ2n) is 5.38. The Balaban J connectivity index is 2.16. The van der Waals surface area contributed by atoms with Crippen LogP contribution in [0, 0.1) is 11.8 Å². The van der Waals surface area contributed by atoms with Gasteiger partial charge in [0, 0.05) is 6.04 Å². The average molecular weight is 211 g/mol. The van der Waals surface area contributed by atoms with Gasteiger partial charge >= 0.3 is 0 Å². The maximum absolute atomic E-state index is 3.58. The van der Waals surface area contributed by atoms with E-state index in [0.717, 1.165) is 24.4 Å². The van der Waals surface area contributed by atoms with Crippen molar-refractivity contribution in [2.24, 2.45) is 11.8 Å².